The summed E-state index contributed by atoms with van der Waals surface area (Å²) in [4.78, 5) is 11.6. The van der Waals surface area contributed by atoms with Crippen molar-refractivity contribution in [3.05, 3.63) is 28.2 Å². The molecule has 0 fully saturated rings. The second-order valence-electron chi connectivity index (χ2n) is 4.22. The van der Waals surface area contributed by atoms with E-state index in [4.69, 9.17) is 27.9 Å². The van der Waals surface area contributed by atoms with Gasteiger partial charge in [0.2, 0.25) is 0 Å². The van der Waals surface area contributed by atoms with Gasteiger partial charge in [0.1, 0.15) is 0 Å². The number of carbonyl (C=O) groups is 1. The third-order valence-electron chi connectivity index (χ3n) is 2.66. The number of hydrogen-bond acceptors (Lipinski definition) is 3. The molecule has 3 nitrogen and oxygen atoms in total. The van der Waals surface area contributed by atoms with Crippen molar-refractivity contribution in [2.75, 3.05) is 12.4 Å². The van der Waals surface area contributed by atoms with Gasteiger partial charge < -0.3 is 4.74 Å². The third kappa shape index (κ3) is 5.81. The molecular formula is C14H18Cl2O3S. The Balaban J connectivity index is 2.32. The fourth-order valence-corrected chi connectivity index (χ4v) is 3.87. The Morgan fingerprint density at radius 2 is 1.85 bits per heavy atom. The average Bonchev–Trinajstić information content (AvgIpc) is 2.38. The standard InChI is InChI=1S/C14H18Cl2O3S/c1-2-19-13(17)9-4-3-5-10-20(18)14-11(15)7-6-8-12(14)16/h6-8H,2-5,9-10H2,1H3. The van der Waals surface area contributed by atoms with E-state index in [0.717, 1.165) is 19.3 Å². The molecular weight excluding hydrogens is 319 g/mol. The number of benzene rings is 1. The summed E-state index contributed by atoms with van der Waals surface area (Å²) in [6.45, 7) is 2.20. The highest BCUT2D eigenvalue weighted by molar-refractivity contribution is 7.85. The number of carbonyl (C=O) groups excluding carboxylic acids is 1. The average molecular weight is 337 g/mol. The van der Waals surface area contributed by atoms with Crippen LogP contribution in [0.15, 0.2) is 23.1 Å². The summed E-state index contributed by atoms with van der Waals surface area (Å²) in [5.41, 5.74) is 0. The quantitative estimate of drug-likeness (QED) is 0.527. The van der Waals surface area contributed by atoms with Crippen molar-refractivity contribution in [2.24, 2.45) is 0 Å². The van der Waals surface area contributed by atoms with Gasteiger partial charge in [-0.3, -0.25) is 9.00 Å². The SMILES string of the molecule is CCOC(=O)CCCCCS(=O)c1c(Cl)cccc1Cl. The van der Waals surface area contributed by atoms with Crippen LogP contribution >= 0.6 is 23.2 Å². The highest BCUT2D eigenvalue weighted by Gasteiger charge is 2.12. The van der Waals surface area contributed by atoms with E-state index >= 15 is 0 Å². The van der Waals surface area contributed by atoms with Crippen molar-refractivity contribution in [1.82, 2.24) is 0 Å². The van der Waals surface area contributed by atoms with Gasteiger partial charge in [-0.05, 0) is 31.9 Å². The van der Waals surface area contributed by atoms with E-state index in [0.29, 0.717) is 33.7 Å². The van der Waals surface area contributed by atoms with Crippen LogP contribution in [0.25, 0.3) is 0 Å². The van der Waals surface area contributed by atoms with Crippen molar-refractivity contribution in [1.29, 1.82) is 0 Å². The van der Waals surface area contributed by atoms with Gasteiger partial charge >= 0.3 is 5.97 Å². The van der Waals surface area contributed by atoms with Crippen LogP contribution < -0.4 is 0 Å². The first-order chi connectivity index (χ1) is 9.56. The van der Waals surface area contributed by atoms with Gasteiger partial charge in [-0.25, -0.2) is 0 Å². The Morgan fingerprint density at radius 1 is 1.20 bits per heavy atom. The molecule has 6 heteroatoms. The summed E-state index contributed by atoms with van der Waals surface area (Å²) in [6, 6.07) is 5.09. The van der Waals surface area contributed by atoms with E-state index in [-0.39, 0.29) is 5.97 Å². The minimum absolute atomic E-state index is 0.178. The zero-order chi connectivity index (χ0) is 15.0. The van der Waals surface area contributed by atoms with Gasteiger partial charge in [0, 0.05) is 12.2 Å². The minimum atomic E-state index is -1.20. The predicted molar refractivity (Wildman–Crippen MR) is 82.8 cm³/mol. The molecule has 0 radical (unpaired) electrons. The third-order valence-corrected chi connectivity index (χ3v) is 5.07. The molecule has 0 aliphatic carbocycles. The molecule has 20 heavy (non-hydrogen) atoms. The van der Waals surface area contributed by atoms with Crippen molar-refractivity contribution >= 4 is 40.0 Å². The normalized spacial score (nSPS) is 12.2. The number of hydrogen-bond donors (Lipinski definition) is 0. The van der Waals surface area contributed by atoms with Crippen molar-refractivity contribution in [2.45, 2.75) is 37.5 Å². The van der Waals surface area contributed by atoms with E-state index < -0.39 is 10.8 Å². The Hall–Kier alpha value is -0.580. The van der Waals surface area contributed by atoms with Gasteiger partial charge in [0.05, 0.1) is 32.3 Å². The summed E-state index contributed by atoms with van der Waals surface area (Å²) in [5, 5.41) is 0.865. The lowest BCUT2D eigenvalue weighted by Gasteiger charge is -2.06. The molecule has 0 aromatic heterocycles. The number of ether oxygens (including phenoxy) is 1. The second-order valence-corrected chi connectivity index (χ2v) is 6.54. The van der Waals surface area contributed by atoms with E-state index in [2.05, 4.69) is 0 Å². The van der Waals surface area contributed by atoms with Crippen LogP contribution in [0.5, 0.6) is 0 Å². The Morgan fingerprint density at radius 3 is 2.45 bits per heavy atom. The molecule has 1 aromatic carbocycles. The van der Waals surface area contributed by atoms with Gasteiger partial charge in [0.15, 0.2) is 0 Å². The molecule has 0 saturated heterocycles. The first-order valence-electron chi connectivity index (χ1n) is 6.54. The molecule has 1 unspecified atom stereocenters. The fraction of sp³-hybridized carbons (Fsp3) is 0.500. The summed E-state index contributed by atoms with van der Waals surface area (Å²) in [7, 11) is -1.20. The molecule has 0 aliphatic heterocycles. The lowest BCUT2D eigenvalue weighted by atomic mass is 10.2. The topological polar surface area (TPSA) is 43.4 Å². The minimum Gasteiger partial charge on any atom is -0.466 e. The van der Waals surface area contributed by atoms with Crippen LogP contribution in [-0.4, -0.2) is 22.5 Å². The molecule has 0 amide bonds. The zero-order valence-electron chi connectivity index (χ0n) is 11.4. The highest BCUT2D eigenvalue weighted by atomic mass is 35.5. The van der Waals surface area contributed by atoms with Crippen LogP contribution in [0, 0.1) is 0 Å². The molecule has 1 rings (SSSR count). The van der Waals surface area contributed by atoms with Crippen LogP contribution in [0.4, 0.5) is 0 Å². The number of halogens is 2. The second kappa shape index (κ2) is 9.37. The summed E-state index contributed by atoms with van der Waals surface area (Å²) in [5.74, 6) is 0.314. The van der Waals surface area contributed by atoms with Gasteiger partial charge in [0.25, 0.3) is 0 Å². The summed E-state index contributed by atoms with van der Waals surface area (Å²) in [6.07, 6.45) is 2.74. The van der Waals surface area contributed by atoms with E-state index in [1.165, 1.54) is 0 Å². The molecule has 112 valence electrons. The molecule has 0 N–H and O–H groups in total. The van der Waals surface area contributed by atoms with E-state index in [9.17, 15) is 9.00 Å². The fourth-order valence-electron chi connectivity index (χ4n) is 1.71. The largest absolute Gasteiger partial charge is 0.466 e. The summed E-state index contributed by atoms with van der Waals surface area (Å²) < 4.78 is 17.0. The van der Waals surface area contributed by atoms with Crippen molar-refractivity contribution < 1.29 is 13.7 Å². The Bertz CT molecular complexity index is 457. The van der Waals surface area contributed by atoms with Crippen LogP contribution in [0.3, 0.4) is 0 Å². The van der Waals surface area contributed by atoms with Crippen LogP contribution in [0.2, 0.25) is 10.0 Å². The molecule has 0 bridgehead atoms. The van der Waals surface area contributed by atoms with Gasteiger partial charge in [-0.15, -0.1) is 0 Å². The number of unbranched alkanes of at least 4 members (excludes halogenated alkanes) is 2. The smallest absolute Gasteiger partial charge is 0.305 e. The van der Waals surface area contributed by atoms with E-state index in [1.54, 1.807) is 25.1 Å². The van der Waals surface area contributed by atoms with Crippen molar-refractivity contribution in [3.8, 4) is 0 Å². The molecule has 0 spiro atoms. The number of rotatable bonds is 8. The maximum Gasteiger partial charge on any atom is 0.305 e. The highest BCUT2D eigenvalue weighted by Crippen LogP contribution is 2.28. The van der Waals surface area contributed by atoms with Crippen molar-refractivity contribution in [3.63, 3.8) is 0 Å². The molecule has 1 atom stereocenters. The first kappa shape index (κ1) is 17.5. The first-order valence-corrected chi connectivity index (χ1v) is 8.61. The van der Waals surface area contributed by atoms with Crippen LogP contribution in [0.1, 0.15) is 32.6 Å². The number of esters is 1. The molecule has 0 heterocycles. The Labute approximate surface area is 132 Å². The maximum atomic E-state index is 12.1. The lowest BCUT2D eigenvalue weighted by molar-refractivity contribution is -0.143. The molecule has 0 aliphatic rings. The monoisotopic (exact) mass is 336 g/mol. The summed E-state index contributed by atoms with van der Waals surface area (Å²) >= 11 is 12.0. The lowest BCUT2D eigenvalue weighted by Crippen LogP contribution is -2.04. The van der Waals surface area contributed by atoms with Gasteiger partial charge in [-0.2, -0.15) is 0 Å². The molecule has 0 saturated carbocycles. The van der Waals surface area contributed by atoms with E-state index in [1.807, 2.05) is 0 Å². The zero-order valence-corrected chi connectivity index (χ0v) is 13.7. The van der Waals surface area contributed by atoms with Crippen LogP contribution in [-0.2, 0) is 20.3 Å². The predicted octanol–water partition coefficient (Wildman–Crippen LogP) is 4.22. The molecule has 1 aromatic rings. The van der Waals surface area contributed by atoms with Gasteiger partial charge in [-0.1, -0.05) is 35.7 Å². The maximum absolute atomic E-state index is 12.1. The Kier molecular flexibility index (Phi) is 8.19.